The summed E-state index contributed by atoms with van der Waals surface area (Å²) in [6.45, 7) is 9.44. The molecule has 5 nitrogen and oxygen atoms in total. The molecular formula is C26H31FN4OS. The van der Waals surface area contributed by atoms with Gasteiger partial charge in [0.1, 0.15) is 22.3 Å². The van der Waals surface area contributed by atoms with E-state index in [1.807, 2.05) is 16.2 Å². The molecule has 3 aromatic rings. The van der Waals surface area contributed by atoms with Gasteiger partial charge in [0.2, 0.25) is 0 Å². The molecule has 2 aliphatic rings. The Labute approximate surface area is 198 Å². The van der Waals surface area contributed by atoms with E-state index in [1.54, 1.807) is 12.1 Å². The zero-order valence-corrected chi connectivity index (χ0v) is 20.4. The number of piperazine rings is 1. The Kier molecular flexibility index (Phi) is 6.08. The van der Waals surface area contributed by atoms with Crippen LogP contribution in [0.15, 0.2) is 24.3 Å². The lowest BCUT2D eigenvalue weighted by atomic mass is 9.89. The molecule has 0 N–H and O–H groups in total. The third kappa shape index (κ3) is 4.23. The second-order valence-electron chi connectivity index (χ2n) is 9.53. The minimum Gasteiger partial charge on any atom is -0.352 e. The third-order valence-electron chi connectivity index (χ3n) is 7.16. The van der Waals surface area contributed by atoms with E-state index in [4.69, 9.17) is 9.97 Å². The standard InChI is InChI=1S/C26H31FN4OS/c1-4-17(3)23-28-24(22-20-10-5-16(2)15-21(20)33-25(22)29-23)30-11-13-31(14-12-30)26(32)18-6-8-19(27)9-7-18/h6-9,16-17H,4-5,10-15H2,1-3H3/t16-,17-/m0/s1. The smallest absolute Gasteiger partial charge is 0.253 e. The predicted molar refractivity (Wildman–Crippen MR) is 132 cm³/mol. The van der Waals surface area contributed by atoms with Crippen molar-refractivity contribution >= 4 is 33.3 Å². The number of aromatic nitrogens is 2. The van der Waals surface area contributed by atoms with Crippen molar-refractivity contribution in [2.24, 2.45) is 5.92 Å². The number of carbonyl (C=O) groups is 1. The Morgan fingerprint density at radius 1 is 1.18 bits per heavy atom. The molecule has 0 saturated carbocycles. The molecule has 33 heavy (non-hydrogen) atoms. The van der Waals surface area contributed by atoms with Crippen LogP contribution in [-0.2, 0) is 12.8 Å². The maximum Gasteiger partial charge on any atom is 0.253 e. The zero-order chi connectivity index (χ0) is 23.1. The van der Waals surface area contributed by atoms with Crippen LogP contribution in [0.4, 0.5) is 10.2 Å². The van der Waals surface area contributed by atoms with Gasteiger partial charge in [0.15, 0.2) is 0 Å². The number of anilines is 1. The molecule has 1 aromatic carbocycles. The number of carbonyl (C=O) groups excluding carboxylic acids is 1. The van der Waals surface area contributed by atoms with Gasteiger partial charge < -0.3 is 9.80 Å². The van der Waals surface area contributed by atoms with Gasteiger partial charge >= 0.3 is 0 Å². The van der Waals surface area contributed by atoms with Crippen molar-refractivity contribution in [3.05, 3.63) is 51.9 Å². The van der Waals surface area contributed by atoms with Crippen LogP contribution in [-0.4, -0.2) is 47.0 Å². The highest BCUT2D eigenvalue weighted by Gasteiger charge is 2.29. The quantitative estimate of drug-likeness (QED) is 0.514. The summed E-state index contributed by atoms with van der Waals surface area (Å²) in [5, 5.41) is 1.24. The fraction of sp³-hybridized carbons (Fsp3) is 0.500. The summed E-state index contributed by atoms with van der Waals surface area (Å²) in [6.07, 6.45) is 4.45. The van der Waals surface area contributed by atoms with Gasteiger partial charge in [0, 0.05) is 42.5 Å². The number of aryl methyl sites for hydroxylation is 1. The van der Waals surface area contributed by atoms with Crippen LogP contribution in [0, 0.1) is 11.7 Å². The van der Waals surface area contributed by atoms with Crippen LogP contribution in [0.1, 0.15) is 66.2 Å². The summed E-state index contributed by atoms with van der Waals surface area (Å²) >= 11 is 1.85. The number of fused-ring (bicyclic) bond motifs is 3. The number of hydrogen-bond donors (Lipinski definition) is 0. The fourth-order valence-corrected chi connectivity index (χ4v) is 6.25. The number of halogens is 1. The molecule has 0 bridgehead atoms. The molecule has 1 amide bonds. The lowest BCUT2D eigenvalue weighted by molar-refractivity contribution is 0.0746. The third-order valence-corrected chi connectivity index (χ3v) is 8.31. The molecule has 0 unspecified atom stereocenters. The molecule has 174 valence electrons. The SMILES string of the molecule is CC[C@H](C)c1nc(N2CCN(C(=O)c3ccc(F)cc3)CC2)c2c3c(sc2n1)C[C@@H](C)CC3. The van der Waals surface area contributed by atoms with Crippen LogP contribution in [0.25, 0.3) is 10.2 Å². The Morgan fingerprint density at radius 3 is 2.61 bits per heavy atom. The van der Waals surface area contributed by atoms with Gasteiger partial charge in [-0.2, -0.15) is 0 Å². The van der Waals surface area contributed by atoms with Gasteiger partial charge in [-0.25, -0.2) is 14.4 Å². The number of hydrogen-bond acceptors (Lipinski definition) is 5. The molecular weight excluding hydrogens is 435 g/mol. The molecule has 5 rings (SSSR count). The van der Waals surface area contributed by atoms with Gasteiger partial charge in [-0.05, 0) is 61.4 Å². The van der Waals surface area contributed by atoms with Gasteiger partial charge in [0.05, 0.1) is 5.39 Å². The molecule has 0 radical (unpaired) electrons. The number of amides is 1. The summed E-state index contributed by atoms with van der Waals surface area (Å²) in [5.74, 6) is 2.65. The summed E-state index contributed by atoms with van der Waals surface area (Å²) in [6, 6.07) is 5.82. The molecule has 0 spiro atoms. The zero-order valence-electron chi connectivity index (χ0n) is 19.6. The minimum absolute atomic E-state index is 0.0373. The predicted octanol–water partition coefficient (Wildman–Crippen LogP) is 5.43. The molecule has 1 saturated heterocycles. The first kappa shape index (κ1) is 22.3. The van der Waals surface area contributed by atoms with Crippen LogP contribution < -0.4 is 4.90 Å². The van der Waals surface area contributed by atoms with E-state index in [0.717, 1.165) is 54.7 Å². The summed E-state index contributed by atoms with van der Waals surface area (Å²) in [4.78, 5) is 29.8. The van der Waals surface area contributed by atoms with E-state index in [1.165, 1.54) is 34.4 Å². The molecule has 1 fully saturated rings. The topological polar surface area (TPSA) is 49.3 Å². The van der Waals surface area contributed by atoms with Gasteiger partial charge in [-0.15, -0.1) is 11.3 Å². The van der Waals surface area contributed by atoms with Crippen molar-refractivity contribution in [1.82, 2.24) is 14.9 Å². The molecule has 3 heterocycles. The van der Waals surface area contributed by atoms with Crippen molar-refractivity contribution in [3.8, 4) is 0 Å². The second kappa shape index (κ2) is 9.01. The summed E-state index contributed by atoms with van der Waals surface area (Å²) < 4.78 is 13.2. The van der Waals surface area contributed by atoms with E-state index in [0.29, 0.717) is 24.6 Å². The van der Waals surface area contributed by atoms with Crippen molar-refractivity contribution in [3.63, 3.8) is 0 Å². The Bertz CT molecular complexity index is 1170. The normalized spacial score (nSPS) is 19.6. The summed E-state index contributed by atoms with van der Waals surface area (Å²) in [5.41, 5.74) is 1.98. The Balaban J connectivity index is 1.44. The Morgan fingerprint density at radius 2 is 1.91 bits per heavy atom. The number of nitrogens with zero attached hydrogens (tertiary/aromatic N) is 4. The van der Waals surface area contributed by atoms with Crippen LogP contribution in [0.2, 0.25) is 0 Å². The highest BCUT2D eigenvalue weighted by atomic mass is 32.1. The first-order valence-corrected chi connectivity index (χ1v) is 12.9. The highest BCUT2D eigenvalue weighted by Crippen LogP contribution is 2.42. The second-order valence-corrected chi connectivity index (χ2v) is 10.6. The van der Waals surface area contributed by atoms with Crippen molar-refractivity contribution < 1.29 is 9.18 Å². The first-order valence-electron chi connectivity index (χ1n) is 12.1. The Hall–Kier alpha value is -2.54. The summed E-state index contributed by atoms with van der Waals surface area (Å²) in [7, 11) is 0. The largest absolute Gasteiger partial charge is 0.352 e. The highest BCUT2D eigenvalue weighted by molar-refractivity contribution is 7.19. The molecule has 1 aliphatic carbocycles. The number of benzene rings is 1. The van der Waals surface area contributed by atoms with Crippen molar-refractivity contribution in [2.75, 3.05) is 31.1 Å². The first-order chi connectivity index (χ1) is 15.9. The van der Waals surface area contributed by atoms with E-state index in [9.17, 15) is 9.18 Å². The van der Waals surface area contributed by atoms with Gasteiger partial charge in [-0.1, -0.05) is 20.8 Å². The lowest BCUT2D eigenvalue weighted by Gasteiger charge is -2.36. The van der Waals surface area contributed by atoms with Crippen LogP contribution in [0.3, 0.4) is 0 Å². The van der Waals surface area contributed by atoms with Crippen LogP contribution in [0.5, 0.6) is 0 Å². The fourth-order valence-electron chi connectivity index (χ4n) is 4.87. The van der Waals surface area contributed by atoms with Gasteiger partial charge in [-0.3, -0.25) is 4.79 Å². The minimum atomic E-state index is -0.324. The lowest BCUT2D eigenvalue weighted by Crippen LogP contribution is -2.49. The molecule has 7 heteroatoms. The molecule has 2 aromatic heterocycles. The average Bonchev–Trinajstić information content (AvgIpc) is 3.20. The molecule has 2 atom stereocenters. The number of rotatable bonds is 4. The average molecular weight is 467 g/mol. The van der Waals surface area contributed by atoms with E-state index < -0.39 is 0 Å². The maximum absolute atomic E-state index is 13.2. The van der Waals surface area contributed by atoms with Gasteiger partial charge in [0.25, 0.3) is 5.91 Å². The number of thiophene rings is 1. The van der Waals surface area contributed by atoms with E-state index >= 15 is 0 Å². The van der Waals surface area contributed by atoms with E-state index in [2.05, 4.69) is 25.7 Å². The van der Waals surface area contributed by atoms with Crippen molar-refractivity contribution in [1.29, 1.82) is 0 Å². The molecule has 1 aliphatic heterocycles. The van der Waals surface area contributed by atoms with Crippen LogP contribution >= 0.6 is 11.3 Å². The van der Waals surface area contributed by atoms with E-state index in [-0.39, 0.29) is 11.7 Å². The monoisotopic (exact) mass is 466 g/mol. The van der Waals surface area contributed by atoms with Crippen molar-refractivity contribution in [2.45, 2.75) is 52.4 Å². The maximum atomic E-state index is 13.2.